The smallest absolute Gasteiger partial charge is 0.255 e. The summed E-state index contributed by atoms with van der Waals surface area (Å²) in [5, 5.41) is 3.26. The van der Waals surface area contributed by atoms with Gasteiger partial charge in [0.05, 0.1) is 0 Å². The fourth-order valence-corrected chi connectivity index (χ4v) is 4.49. The van der Waals surface area contributed by atoms with Crippen LogP contribution in [0.4, 0.5) is 5.69 Å². The first-order chi connectivity index (χ1) is 19.8. The average molecular weight is 580 g/mol. The molecule has 2 amide bonds. The molecule has 3 aromatic carbocycles. The van der Waals surface area contributed by atoms with Crippen LogP contribution in [0.1, 0.15) is 52.4 Å². The van der Waals surface area contributed by atoms with Crippen molar-refractivity contribution in [2.75, 3.05) is 5.73 Å². The minimum atomic E-state index is -0.464. The summed E-state index contributed by atoms with van der Waals surface area (Å²) in [6.45, 7) is 9.30. The minimum absolute atomic E-state index is 0.0915. The molecule has 1 unspecified atom stereocenters. The molecule has 9 nitrogen and oxygen atoms in total. The highest BCUT2D eigenvalue weighted by Crippen LogP contribution is 2.27. The molecule has 0 saturated heterocycles. The third-order valence-corrected chi connectivity index (χ3v) is 6.70. The van der Waals surface area contributed by atoms with Crippen LogP contribution in [-0.2, 0) is 35.8 Å². The molecule has 0 saturated carbocycles. The van der Waals surface area contributed by atoms with Gasteiger partial charge in [-0.25, -0.2) is 0 Å². The number of nitrogens with two attached hydrogens (primary N) is 3. The topological polar surface area (TPSA) is 154 Å². The van der Waals surface area contributed by atoms with E-state index < -0.39 is 6.04 Å². The van der Waals surface area contributed by atoms with Crippen LogP contribution in [0.15, 0.2) is 73.4 Å². The van der Waals surface area contributed by atoms with Gasteiger partial charge in [0.25, 0.3) is 5.91 Å². The number of nitrogen functional groups attached to an aromatic ring is 1. The number of nitrogens with one attached hydrogen (secondary N) is 1. The summed E-state index contributed by atoms with van der Waals surface area (Å²) >= 11 is 6.14. The Hall–Kier alpha value is -4.18. The van der Waals surface area contributed by atoms with Gasteiger partial charge in [-0.2, -0.15) is 0 Å². The van der Waals surface area contributed by atoms with Crippen LogP contribution in [0.5, 0.6) is 5.75 Å². The quantitative estimate of drug-likeness (QED) is 0.261. The molecule has 0 bridgehead atoms. The first-order valence-corrected chi connectivity index (χ1v) is 13.5. The van der Waals surface area contributed by atoms with Gasteiger partial charge < -0.3 is 36.9 Å². The second-order valence-corrected chi connectivity index (χ2v) is 9.54. The summed E-state index contributed by atoms with van der Waals surface area (Å²) in [7, 11) is 0. The summed E-state index contributed by atoms with van der Waals surface area (Å²) in [4.78, 5) is 34.3. The standard InChI is InChI=1S/C16H21N3O2.C14H15ClN2O.CH2O/c1-3-5-14(15(20)18-4-2)19-10-12-8-11(9-17)6-7-13(12)16(19)21;15-14-7-10(8-16)1-2-11(14)9-18-13-5-3-12(17)4-6-13;1-2/h4,6-8,14H,2-3,5,9-10,17H2,1H3,(H,18,20);1-7H,8-9,16-17H2;1H2. The molecule has 0 radical (unpaired) electrons. The van der Waals surface area contributed by atoms with E-state index in [0.29, 0.717) is 48.9 Å². The Bertz CT molecular complexity index is 1320. The van der Waals surface area contributed by atoms with Gasteiger partial charge in [0.15, 0.2) is 0 Å². The van der Waals surface area contributed by atoms with E-state index in [1.54, 1.807) is 23.1 Å². The van der Waals surface area contributed by atoms with Crippen molar-refractivity contribution >= 4 is 35.9 Å². The Morgan fingerprint density at radius 2 is 1.71 bits per heavy atom. The van der Waals surface area contributed by atoms with Crippen molar-refractivity contribution in [3.8, 4) is 5.75 Å². The van der Waals surface area contributed by atoms with Crippen LogP contribution < -0.4 is 27.3 Å². The molecule has 218 valence electrons. The van der Waals surface area contributed by atoms with Crippen LogP contribution in [0.25, 0.3) is 0 Å². The number of carbonyl (C=O) groups excluding carboxylic acids is 3. The lowest BCUT2D eigenvalue weighted by Crippen LogP contribution is -2.45. The number of ether oxygens (including phenoxy) is 1. The number of fused-ring (bicyclic) bond motifs is 1. The number of hydrogen-bond acceptors (Lipinski definition) is 7. The van der Waals surface area contributed by atoms with E-state index in [-0.39, 0.29) is 11.8 Å². The van der Waals surface area contributed by atoms with E-state index in [2.05, 4.69) is 11.9 Å². The summed E-state index contributed by atoms with van der Waals surface area (Å²) in [6, 6.07) is 18.2. The molecule has 0 aliphatic carbocycles. The summed E-state index contributed by atoms with van der Waals surface area (Å²) < 4.78 is 5.63. The Kier molecular flexibility index (Phi) is 13.5. The highest BCUT2D eigenvalue weighted by molar-refractivity contribution is 6.31. The molecule has 1 aliphatic rings. The average Bonchev–Trinajstić information content (AvgIpc) is 3.32. The van der Waals surface area contributed by atoms with Gasteiger partial charge in [-0.05, 0) is 65.7 Å². The van der Waals surface area contributed by atoms with Crippen molar-refractivity contribution < 1.29 is 19.1 Å². The number of nitrogens with zero attached hydrogens (tertiary/aromatic N) is 1. The van der Waals surface area contributed by atoms with E-state index in [4.69, 9.17) is 38.3 Å². The van der Waals surface area contributed by atoms with Crippen molar-refractivity contribution in [1.29, 1.82) is 0 Å². The van der Waals surface area contributed by atoms with E-state index in [1.807, 2.05) is 56.2 Å². The van der Waals surface area contributed by atoms with E-state index in [1.165, 1.54) is 6.20 Å². The molecule has 1 heterocycles. The van der Waals surface area contributed by atoms with Gasteiger partial charge in [0.1, 0.15) is 25.2 Å². The van der Waals surface area contributed by atoms with Crippen molar-refractivity contribution in [2.24, 2.45) is 11.5 Å². The SMILES string of the molecule is C=CNC(=O)C(CCC)N1Cc2cc(CN)ccc2C1=O.C=O.NCc1ccc(COc2ccc(N)cc2)c(Cl)c1. The van der Waals surface area contributed by atoms with Gasteiger partial charge >= 0.3 is 0 Å². The van der Waals surface area contributed by atoms with Crippen LogP contribution in [0.2, 0.25) is 5.02 Å². The number of carbonyl (C=O) groups is 3. The predicted octanol–water partition coefficient (Wildman–Crippen LogP) is 4.30. The van der Waals surface area contributed by atoms with Crippen molar-refractivity contribution in [1.82, 2.24) is 10.2 Å². The number of rotatable bonds is 10. The third-order valence-electron chi connectivity index (χ3n) is 6.35. The number of benzene rings is 3. The van der Waals surface area contributed by atoms with E-state index >= 15 is 0 Å². The van der Waals surface area contributed by atoms with Gasteiger partial charge in [0, 0.05) is 41.5 Å². The number of anilines is 1. The maximum atomic E-state index is 12.5. The molecule has 10 heteroatoms. The highest BCUT2D eigenvalue weighted by atomic mass is 35.5. The summed E-state index contributed by atoms with van der Waals surface area (Å²) in [6.07, 6.45) is 2.80. The van der Waals surface area contributed by atoms with E-state index in [9.17, 15) is 9.59 Å². The maximum absolute atomic E-state index is 12.5. The Morgan fingerprint density at radius 3 is 2.29 bits per heavy atom. The van der Waals surface area contributed by atoms with Crippen LogP contribution >= 0.6 is 11.6 Å². The maximum Gasteiger partial charge on any atom is 0.255 e. The lowest BCUT2D eigenvalue weighted by Gasteiger charge is -2.26. The number of hydrogen-bond donors (Lipinski definition) is 4. The molecule has 4 rings (SSSR count). The molecular weight excluding hydrogens is 542 g/mol. The molecule has 0 fully saturated rings. The molecule has 7 N–H and O–H groups in total. The first kappa shape index (κ1) is 33.0. The third kappa shape index (κ3) is 9.18. The van der Waals surface area contributed by atoms with E-state index in [0.717, 1.165) is 34.4 Å². The molecule has 0 aromatic heterocycles. The van der Waals surface area contributed by atoms with Crippen molar-refractivity contribution in [3.05, 3.63) is 106 Å². The lowest BCUT2D eigenvalue weighted by molar-refractivity contribution is -0.125. The highest BCUT2D eigenvalue weighted by Gasteiger charge is 2.35. The predicted molar refractivity (Wildman–Crippen MR) is 163 cm³/mol. The monoisotopic (exact) mass is 579 g/mol. The second kappa shape index (κ2) is 16.8. The molecule has 3 aromatic rings. The zero-order chi connectivity index (χ0) is 30.4. The zero-order valence-electron chi connectivity index (χ0n) is 23.3. The molecular formula is C31H38ClN5O4. The van der Waals surface area contributed by atoms with Gasteiger partial charge in [-0.1, -0.05) is 55.8 Å². The van der Waals surface area contributed by atoms with Gasteiger partial charge in [0.2, 0.25) is 5.91 Å². The largest absolute Gasteiger partial charge is 0.489 e. The van der Waals surface area contributed by atoms with Crippen molar-refractivity contribution in [3.63, 3.8) is 0 Å². The molecule has 1 atom stereocenters. The number of halogens is 1. The first-order valence-electron chi connectivity index (χ1n) is 13.1. The van der Waals surface area contributed by atoms with Gasteiger partial charge in [-0.15, -0.1) is 0 Å². The second-order valence-electron chi connectivity index (χ2n) is 9.13. The Balaban J connectivity index is 0.000000273. The Labute approximate surface area is 246 Å². The normalized spacial score (nSPS) is 12.2. The number of amides is 2. The van der Waals surface area contributed by atoms with Crippen LogP contribution in [0.3, 0.4) is 0 Å². The summed E-state index contributed by atoms with van der Waals surface area (Å²) in [5.74, 6) is 0.487. The molecule has 1 aliphatic heterocycles. The fourth-order valence-electron chi connectivity index (χ4n) is 4.23. The zero-order valence-corrected chi connectivity index (χ0v) is 24.0. The van der Waals surface area contributed by atoms with Gasteiger partial charge in [-0.3, -0.25) is 9.59 Å². The molecule has 41 heavy (non-hydrogen) atoms. The molecule has 0 spiro atoms. The van der Waals surface area contributed by atoms with Crippen LogP contribution in [0, 0.1) is 0 Å². The summed E-state index contributed by atoms with van der Waals surface area (Å²) in [5.41, 5.74) is 22.0. The fraction of sp³-hybridized carbons (Fsp3) is 0.258. The lowest BCUT2D eigenvalue weighted by atomic mass is 10.1. The van der Waals surface area contributed by atoms with Crippen molar-refractivity contribution in [2.45, 2.75) is 52.0 Å². The minimum Gasteiger partial charge on any atom is -0.489 e. The van der Waals surface area contributed by atoms with Crippen LogP contribution in [-0.4, -0.2) is 29.5 Å². The Morgan fingerprint density at radius 1 is 1.07 bits per heavy atom.